The average molecular weight is 282 g/mol. The second-order valence-corrected chi connectivity index (χ2v) is 5.40. The predicted molar refractivity (Wildman–Crippen MR) is 74.3 cm³/mol. The zero-order valence-corrected chi connectivity index (χ0v) is 11.9. The van der Waals surface area contributed by atoms with Crippen molar-refractivity contribution in [1.82, 2.24) is 10.3 Å². The first-order chi connectivity index (χ1) is 9.02. The Labute approximate surface area is 115 Å². The number of benzene rings is 1. The summed E-state index contributed by atoms with van der Waals surface area (Å²) in [7, 11) is 0. The molecule has 19 heavy (non-hydrogen) atoms. The molecule has 1 atom stereocenters. The lowest BCUT2D eigenvalue weighted by molar-refractivity contribution is 0.602. The molecule has 0 saturated heterocycles. The molecule has 1 aromatic carbocycles. The van der Waals surface area contributed by atoms with Crippen LogP contribution in [0.2, 0.25) is 0 Å². The van der Waals surface area contributed by atoms with Gasteiger partial charge in [0.05, 0.1) is 5.69 Å². The van der Waals surface area contributed by atoms with Gasteiger partial charge in [0, 0.05) is 16.5 Å². The lowest BCUT2D eigenvalue weighted by Crippen LogP contribution is -2.17. The summed E-state index contributed by atoms with van der Waals surface area (Å²) >= 11 is 1.40. The van der Waals surface area contributed by atoms with E-state index in [1.165, 1.54) is 17.4 Å². The van der Waals surface area contributed by atoms with Gasteiger partial charge >= 0.3 is 0 Å². The van der Waals surface area contributed by atoms with Crippen LogP contribution in [0.3, 0.4) is 0 Å². The second kappa shape index (κ2) is 5.75. The van der Waals surface area contributed by atoms with Gasteiger partial charge in [-0.1, -0.05) is 6.92 Å². The van der Waals surface area contributed by atoms with Gasteiger partial charge in [-0.3, -0.25) is 0 Å². The molecule has 1 N–H and O–H groups in total. The average Bonchev–Trinajstić information content (AvgIpc) is 2.74. The van der Waals surface area contributed by atoms with Crippen LogP contribution in [0.5, 0.6) is 0 Å². The monoisotopic (exact) mass is 282 g/mol. The number of rotatable bonds is 4. The highest BCUT2D eigenvalue weighted by atomic mass is 32.1. The van der Waals surface area contributed by atoms with Gasteiger partial charge in [-0.05, 0) is 38.6 Å². The summed E-state index contributed by atoms with van der Waals surface area (Å²) in [5.41, 5.74) is 1.08. The van der Waals surface area contributed by atoms with E-state index in [1.807, 2.05) is 20.8 Å². The lowest BCUT2D eigenvalue weighted by atomic mass is 10.2. The number of hydrogen-bond donors (Lipinski definition) is 1. The van der Waals surface area contributed by atoms with Crippen LogP contribution in [0.4, 0.5) is 8.78 Å². The van der Waals surface area contributed by atoms with E-state index in [-0.39, 0.29) is 11.6 Å². The third kappa shape index (κ3) is 2.98. The van der Waals surface area contributed by atoms with Crippen molar-refractivity contribution in [3.63, 3.8) is 0 Å². The highest BCUT2D eigenvalue weighted by Crippen LogP contribution is 2.33. The van der Waals surface area contributed by atoms with Gasteiger partial charge in [0.1, 0.15) is 16.6 Å². The summed E-state index contributed by atoms with van der Waals surface area (Å²) in [6.45, 7) is 6.80. The summed E-state index contributed by atoms with van der Waals surface area (Å²) in [4.78, 5) is 5.41. The molecule has 0 spiro atoms. The standard InChI is InChI=1S/C14H16F2N2S/c1-4-17-8(2)13-9(3)18-14(19-13)11-7-10(15)5-6-12(11)16/h5-8,17H,4H2,1-3H3. The Morgan fingerprint density at radius 3 is 2.79 bits per heavy atom. The maximum absolute atomic E-state index is 13.7. The number of nitrogens with one attached hydrogen (secondary N) is 1. The Kier molecular flexibility index (Phi) is 4.27. The first-order valence-electron chi connectivity index (χ1n) is 6.19. The van der Waals surface area contributed by atoms with E-state index in [2.05, 4.69) is 10.3 Å². The van der Waals surface area contributed by atoms with Gasteiger partial charge in [0.15, 0.2) is 0 Å². The van der Waals surface area contributed by atoms with E-state index in [0.29, 0.717) is 5.01 Å². The number of thiazole rings is 1. The maximum Gasteiger partial charge on any atom is 0.133 e. The molecule has 0 fully saturated rings. The fraction of sp³-hybridized carbons (Fsp3) is 0.357. The molecule has 1 aromatic heterocycles. The Morgan fingerprint density at radius 1 is 1.37 bits per heavy atom. The van der Waals surface area contributed by atoms with Crippen LogP contribution in [0, 0.1) is 18.6 Å². The van der Waals surface area contributed by atoms with Gasteiger partial charge in [0.2, 0.25) is 0 Å². The van der Waals surface area contributed by atoms with Crippen molar-refractivity contribution >= 4 is 11.3 Å². The minimum Gasteiger partial charge on any atom is -0.310 e. The van der Waals surface area contributed by atoms with E-state index in [1.54, 1.807) is 0 Å². The summed E-state index contributed by atoms with van der Waals surface area (Å²) in [5, 5.41) is 3.82. The summed E-state index contributed by atoms with van der Waals surface area (Å²) < 4.78 is 26.9. The van der Waals surface area contributed by atoms with Gasteiger partial charge in [-0.2, -0.15) is 0 Å². The number of aryl methyl sites for hydroxylation is 1. The smallest absolute Gasteiger partial charge is 0.133 e. The first-order valence-corrected chi connectivity index (χ1v) is 7.00. The van der Waals surface area contributed by atoms with Gasteiger partial charge in [-0.15, -0.1) is 11.3 Å². The van der Waals surface area contributed by atoms with Crippen LogP contribution >= 0.6 is 11.3 Å². The quantitative estimate of drug-likeness (QED) is 0.914. The fourth-order valence-electron chi connectivity index (χ4n) is 1.99. The minimum atomic E-state index is -0.453. The third-order valence-corrected chi connectivity index (χ3v) is 4.27. The van der Waals surface area contributed by atoms with Crippen molar-refractivity contribution in [2.45, 2.75) is 26.8 Å². The van der Waals surface area contributed by atoms with E-state index < -0.39 is 11.6 Å². The predicted octanol–water partition coefficient (Wildman–Crippen LogP) is 4.07. The molecule has 0 aliphatic heterocycles. The molecule has 1 unspecified atom stereocenters. The molecule has 2 aromatic rings. The van der Waals surface area contributed by atoms with E-state index in [9.17, 15) is 8.78 Å². The normalized spacial score (nSPS) is 12.7. The lowest BCUT2D eigenvalue weighted by Gasteiger charge is -2.09. The zero-order chi connectivity index (χ0) is 14.0. The number of halogens is 2. The summed E-state index contributed by atoms with van der Waals surface area (Å²) in [5.74, 6) is -0.900. The SMILES string of the molecule is CCNC(C)c1sc(-c2cc(F)ccc2F)nc1C. The highest BCUT2D eigenvalue weighted by molar-refractivity contribution is 7.15. The van der Waals surface area contributed by atoms with Crippen molar-refractivity contribution in [2.75, 3.05) is 6.54 Å². The molecule has 0 aliphatic rings. The topological polar surface area (TPSA) is 24.9 Å². The van der Waals surface area contributed by atoms with Crippen LogP contribution in [0.15, 0.2) is 18.2 Å². The zero-order valence-electron chi connectivity index (χ0n) is 11.1. The van der Waals surface area contributed by atoms with Crippen LogP contribution in [0.1, 0.15) is 30.5 Å². The van der Waals surface area contributed by atoms with Crippen molar-refractivity contribution in [1.29, 1.82) is 0 Å². The largest absolute Gasteiger partial charge is 0.310 e. The highest BCUT2D eigenvalue weighted by Gasteiger charge is 2.17. The summed E-state index contributed by atoms with van der Waals surface area (Å²) in [6, 6.07) is 3.60. The van der Waals surface area contributed by atoms with Crippen molar-refractivity contribution in [2.24, 2.45) is 0 Å². The molecule has 0 aliphatic carbocycles. The van der Waals surface area contributed by atoms with Crippen LogP contribution < -0.4 is 5.32 Å². The van der Waals surface area contributed by atoms with Crippen LogP contribution in [0.25, 0.3) is 10.6 Å². The van der Waals surface area contributed by atoms with E-state index in [4.69, 9.17) is 0 Å². The molecular formula is C14H16F2N2S. The Balaban J connectivity index is 2.41. The minimum absolute atomic E-state index is 0.160. The molecule has 2 rings (SSSR count). The van der Waals surface area contributed by atoms with Crippen molar-refractivity contribution < 1.29 is 8.78 Å². The second-order valence-electron chi connectivity index (χ2n) is 4.37. The molecular weight excluding hydrogens is 266 g/mol. The van der Waals surface area contributed by atoms with Gasteiger partial charge in [-0.25, -0.2) is 13.8 Å². The van der Waals surface area contributed by atoms with Crippen LogP contribution in [-0.4, -0.2) is 11.5 Å². The maximum atomic E-state index is 13.7. The molecule has 0 radical (unpaired) electrons. The molecule has 0 amide bonds. The Hall–Kier alpha value is -1.33. The third-order valence-electron chi connectivity index (χ3n) is 2.89. The first kappa shape index (κ1) is 14.1. The molecule has 1 heterocycles. The van der Waals surface area contributed by atoms with Crippen molar-refractivity contribution in [3.05, 3.63) is 40.4 Å². The number of aromatic nitrogens is 1. The van der Waals surface area contributed by atoms with Crippen molar-refractivity contribution in [3.8, 4) is 10.6 Å². The number of hydrogen-bond acceptors (Lipinski definition) is 3. The number of nitrogens with zero attached hydrogens (tertiary/aromatic N) is 1. The van der Waals surface area contributed by atoms with Crippen LogP contribution in [-0.2, 0) is 0 Å². The van der Waals surface area contributed by atoms with E-state index >= 15 is 0 Å². The molecule has 5 heteroatoms. The molecule has 102 valence electrons. The Morgan fingerprint density at radius 2 is 2.11 bits per heavy atom. The van der Waals surface area contributed by atoms with E-state index in [0.717, 1.165) is 29.2 Å². The van der Waals surface area contributed by atoms with Gasteiger partial charge < -0.3 is 5.32 Å². The van der Waals surface area contributed by atoms with Gasteiger partial charge in [0.25, 0.3) is 0 Å². The Bertz CT molecular complexity index is 581. The molecule has 0 saturated carbocycles. The molecule has 0 bridgehead atoms. The summed E-state index contributed by atoms with van der Waals surface area (Å²) in [6.07, 6.45) is 0. The molecule has 2 nitrogen and oxygen atoms in total. The fourth-order valence-corrected chi connectivity index (χ4v) is 3.10.